The second-order valence-corrected chi connectivity index (χ2v) is 5.10. The Bertz CT molecular complexity index is 974. The third kappa shape index (κ3) is 1.50. The third-order valence-electron chi connectivity index (χ3n) is 3.78. The molecule has 0 bridgehead atoms. The molecule has 0 amide bonds. The maximum atomic E-state index is 4.82. The van der Waals surface area contributed by atoms with Crippen molar-refractivity contribution in [2.24, 2.45) is 0 Å². The van der Waals surface area contributed by atoms with Crippen molar-refractivity contribution in [1.82, 2.24) is 15.0 Å². The molecule has 0 saturated carbocycles. The zero-order valence-electron chi connectivity index (χ0n) is 11.4. The Hall–Kier alpha value is -2.55. The first-order valence-electron chi connectivity index (χ1n) is 6.65. The van der Waals surface area contributed by atoms with Crippen molar-refractivity contribution in [3.63, 3.8) is 0 Å². The van der Waals surface area contributed by atoms with Gasteiger partial charge >= 0.3 is 0 Å². The number of nitrogens with zero attached hydrogens (tertiary/aromatic N) is 3. The van der Waals surface area contributed by atoms with Crippen molar-refractivity contribution in [3.05, 3.63) is 53.9 Å². The average Bonchev–Trinajstić information content (AvgIpc) is 2.47. The van der Waals surface area contributed by atoms with Crippen molar-refractivity contribution in [2.75, 3.05) is 0 Å². The summed E-state index contributed by atoms with van der Waals surface area (Å²) in [4.78, 5) is 13.8. The number of hydrogen-bond acceptors (Lipinski definition) is 3. The molecule has 96 valence electrons. The molecule has 3 heteroatoms. The van der Waals surface area contributed by atoms with Crippen molar-refractivity contribution in [3.8, 4) is 0 Å². The van der Waals surface area contributed by atoms with E-state index < -0.39 is 0 Å². The van der Waals surface area contributed by atoms with Crippen LogP contribution in [0.2, 0.25) is 0 Å². The van der Waals surface area contributed by atoms with Gasteiger partial charge in [0.25, 0.3) is 0 Å². The fourth-order valence-corrected chi connectivity index (χ4v) is 2.71. The molecule has 0 aliphatic heterocycles. The predicted octanol–water partition coefficient (Wildman–Crippen LogP) is 3.95. The average molecular weight is 259 g/mol. The predicted molar refractivity (Wildman–Crippen MR) is 81.8 cm³/mol. The monoisotopic (exact) mass is 259 g/mol. The van der Waals surface area contributed by atoms with E-state index in [4.69, 9.17) is 4.98 Å². The maximum absolute atomic E-state index is 4.82. The van der Waals surface area contributed by atoms with Crippen LogP contribution >= 0.6 is 0 Å². The van der Waals surface area contributed by atoms with Crippen LogP contribution in [-0.4, -0.2) is 15.0 Å². The Labute approximate surface area is 116 Å². The summed E-state index contributed by atoms with van der Waals surface area (Å²) in [6.07, 6.45) is 1.89. The van der Waals surface area contributed by atoms with E-state index in [0.717, 1.165) is 33.1 Å². The van der Waals surface area contributed by atoms with Crippen LogP contribution in [0.3, 0.4) is 0 Å². The number of aromatic nitrogens is 3. The van der Waals surface area contributed by atoms with Gasteiger partial charge in [-0.05, 0) is 37.6 Å². The number of hydrogen-bond donors (Lipinski definition) is 0. The van der Waals surface area contributed by atoms with Gasteiger partial charge in [-0.25, -0.2) is 15.0 Å². The molecule has 0 atom stereocenters. The van der Waals surface area contributed by atoms with E-state index in [1.807, 2.05) is 31.3 Å². The van der Waals surface area contributed by atoms with E-state index >= 15 is 0 Å². The zero-order chi connectivity index (χ0) is 13.7. The van der Waals surface area contributed by atoms with Crippen LogP contribution in [0.1, 0.15) is 11.3 Å². The molecule has 20 heavy (non-hydrogen) atoms. The SMILES string of the molecule is Cc1ccc2c(ncc3c(C)c4ccccc4nc32)n1. The molecule has 3 aromatic heterocycles. The Morgan fingerprint density at radius 2 is 1.65 bits per heavy atom. The van der Waals surface area contributed by atoms with Crippen molar-refractivity contribution in [1.29, 1.82) is 0 Å². The minimum absolute atomic E-state index is 0.764. The molecular formula is C17H13N3. The quantitative estimate of drug-likeness (QED) is 0.354. The van der Waals surface area contributed by atoms with Gasteiger partial charge in [-0.15, -0.1) is 0 Å². The van der Waals surface area contributed by atoms with Crippen molar-refractivity contribution in [2.45, 2.75) is 13.8 Å². The lowest BCUT2D eigenvalue weighted by atomic mass is 10.0. The molecule has 0 fully saturated rings. The molecule has 0 aliphatic rings. The minimum Gasteiger partial charge on any atom is -0.247 e. The summed E-state index contributed by atoms with van der Waals surface area (Å²) in [6.45, 7) is 4.10. The Morgan fingerprint density at radius 3 is 2.55 bits per heavy atom. The molecule has 4 rings (SSSR count). The highest BCUT2D eigenvalue weighted by Crippen LogP contribution is 2.28. The lowest BCUT2D eigenvalue weighted by Gasteiger charge is -2.08. The highest BCUT2D eigenvalue weighted by atomic mass is 14.9. The molecule has 0 N–H and O–H groups in total. The summed E-state index contributed by atoms with van der Waals surface area (Å²) in [7, 11) is 0. The van der Waals surface area contributed by atoms with Crippen LogP contribution in [0, 0.1) is 13.8 Å². The smallest absolute Gasteiger partial charge is 0.161 e. The maximum Gasteiger partial charge on any atom is 0.161 e. The van der Waals surface area contributed by atoms with Crippen LogP contribution < -0.4 is 0 Å². The van der Waals surface area contributed by atoms with Crippen molar-refractivity contribution < 1.29 is 0 Å². The van der Waals surface area contributed by atoms with E-state index in [0.29, 0.717) is 0 Å². The van der Waals surface area contributed by atoms with Crippen LogP contribution in [0.4, 0.5) is 0 Å². The summed E-state index contributed by atoms with van der Waals surface area (Å²) >= 11 is 0. The molecule has 3 heterocycles. The first-order valence-corrected chi connectivity index (χ1v) is 6.65. The number of pyridine rings is 3. The van der Waals surface area contributed by atoms with Gasteiger partial charge in [0, 0.05) is 28.0 Å². The molecule has 0 unspecified atom stereocenters. The zero-order valence-corrected chi connectivity index (χ0v) is 11.4. The normalized spacial score (nSPS) is 11.5. The molecule has 0 radical (unpaired) electrons. The molecule has 0 saturated heterocycles. The summed E-state index contributed by atoms with van der Waals surface area (Å²) in [5, 5.41) is 3.30. The van der Waals surface area contributed by atoms with Gasteiger partial charge in [0.1, 0.15) is 0 Å². The number of fused-ring (bicyclic) bond motifs is 4. The second kappa shape index (κ2) is 3.97. The highest BCUT2D eigenvalue weighted by molar-refractivity contribution is 6.07. The van der Waals surface area contributed by atoms with Gasteiger partial charge in [0.2, 0.25) is 0 Å². The summed E-state index contributed by atoms with van der Waals surface area (Å²) in [5.74, 6) is 0. The van der Waals surface area contributed by atoms with Gasteiger partial charge in [-0.3, -0.25) is 0 Å². The van der Waals surface area contributed by atoms with Crippen LogP contribution in [-0.2, 0) is 0 Å². The first kappa shape index (κ1) is 11.3. The van der Waals surface area contributed by atoms with Gasteiger partial charge in [-0.2, -0.15) is 0 Å². The molecular weight excluding hydrogens is 246 g/mol. The standard InChI is InChI=1S/C17H13N3/c1-10-7-8-13-16-14(9-18-17(13)19-10)11(2)12-5-3-4-6-15(12)20-16/h3-9H,1-2H3. The van der Waals surface area contributed by atoms with E-state index in [2.05, 4.69) is 35.1 Å². The Kier molecular flexibility index (Phi) is 2.24. The van der Waals surface area contributed by atoms with Crippen LogP contribution in [0.25, 0.3) is 32.8 Å². The molecule has 1 aromatic carbocycles. The fraction of sp³-hybridized carbons (Fsp3) is 0.118. The third-order valence-corrected chi connectivity index (χ3v) is 3.78. The number of rotatable bonds is 0. The topological polar surface area (TPSA) is 38.7 Å². The Morgan fingerprint density at radius 1 is 0.800 bits per heavy atom. The fourth-order valence-electron chi connectivity index (χ4n) is 2.71. The molecule has 0 spiro atoms. The minimum atomic E-state index is 0.764. The number of para-hydroxylation sites is 1. The van der Waals surface area contributed by atoms with E-state index in [1.165, 1.54) is 10.9 Å². The largest absolute Gasteiger partial charge is 0.247 e. The van der Waals surface area contributed by atoms with E-state index in [1.54, 1.807) is 0 Å². The van der Waals surface area contributed by atoms with Gasteiger partial charge in [0.15, 0.2) is 5.65 Å². The lowest BCUT2D eigenvalue weighted by Crippen LogP contribution is -1.93. The van der Waals surface area contributed by atoms with Crippen LogP contribution in [0.5, 0.6) is 0 Å². The number of aryl methyl sites for hydroxylation is 2. The van der Waals surface area contributed by atoms with Gasteiger partial charge in [0.05, 0.1) is 11.0 Å². The second-order valence-electron chi connectivity index (χ2n) is 5.10. The summed E-state index contributed by atoms with van der Waals surface area (Å²) in [5.41, 5.74) is 4.96. The molecule has 0 aliphatic carbocycles. The van der Waals surface area contributed by atoms with E-state index in [-0.39, 0.29) is 0 Å². The van der Waals surface area contributed by atoms with Gasteiger partial charge in [-0.1, -0.05) is 18.2 Å². The lowest BCUT2D eigenvalue weighted by molar-refractivity contribution is 1.21. The first-order chi connectivity index (χ1) is 9.74. The van der Waals surface area contributed by atoms with E-state index in [9.17, 15) is 0 Å². The summed E-state index contributed by atoms with van der Waals surface area (Å²) in [6, 6.07) is 12.3. The molecule has 4 aromatic rings. The summed E-state index contributed by atoms with van der Waals surface area (Å²) < 4.78 is 0. The Balaban J connectivity index is 2.27. The highest BCUT2D eigenvalue weighted by Gasteiger charge is 2.09. The number of benzene rings is 1. The van der Waals surface area contributed by atoms with Gasteiger partial charge < -0.3 is 0 Å². The van der Waals surface area contributed by atoms with Crippen molar-refractivity contribution >= 4 is 32.8 Å². The van der Waals surface area contributed by atoms with Crippen LogP contribution in [0.15, 0.2) is 42.6 Å². The molecule has 3 nitrogen and oxygen atoms in total.